The summed E-state index contributed by atoms with van der Waals surface area (Å²) in [4.78, 5) is 28.2. The number of nitrogens with zero attached hydrogens (tertiary/aromatic N) is 2. The van der Waals surface area contributed by atoms with E-state index in [-0.39, 0.29) is 11.8 Å². The van der Waals surface area contributed by atoms with Crippen LogP contribution in [0.2, 0.25) is 0 Å². The lowest BCUT2D eigenvalue weighted by molar-refractivity contribution is -0.129. The molecule has 168 valence electrons. The Kier molecular flexibility index (Phi) is 7.20. The van der Waals surface area contributed by atoms with Gasteiger partial charge in [-0.1, -0.05) is 42.8 Å². The number of fused-ring (bicyclic) bond motifs is 1. The summed E-state index contributed by atoms with van der Waals surface area (Å²) in [6, 6.07) is 15.9. The second-order valence-corrected chi connectivity index (χ2v) is 9.69. The summed E-state index contributed by atoms with van der Waals surface area (Å²) in [5.74, 6) is 1.35. The smallest absolute Gasteiger partial charge is 0.251 e. The molecule has 0 aliphatic carbocycles. The first-order valence-electron chi connectivity index (χ1n) is 11.3. The molecule has 6 heteroatoms. The van der Waals surface area contributed by atoms with Crippen LogP contribution in [0.25, 0.3) is 10.9 Å². The number of benzene rings is 2. The second kappa shape index (κ2) is 10.3. The van der Waals surface area contributed by atoms with Crippen molar-refractivity contribution in [3.63, 3.8) is 0 Å². The largest absolute Gasteiger partial charge is 0.350 e. The van der Waals surface area contributed by atoms with Crippen molar-refractivity contribution in [1.82, 2.24) is 14.8 Å². The van der Waals surface area contributed by atoms with Gasteiger partial charge in [0.2, 0.25) is 5.91 Å². The number of carbonyl (C=O) groups excluding carboxylic acids is 2. The molecule has 2 heterocycles. The molecule has 0 saturated carbocycles. The van der Waals surface area contributed by atoms with E-state index >= 15 is 0 Å². The Morgan fingerprint density at radius 2 is 1.78 bits per heavy atom. The fraction of sp³-hybridized carbons (Fsp3) is 0.385. The van der Waals surface area contributed by atoms with Gasteiger partial charge < -0.3 is 14.8 Å². The molecule has 4 rings (SSSR count). The van der Waals surface area contributed by atoms with Gasteiger partial charge in [-0.25, -0.2) is 0 Å². The van der Waals surface area contributed by atoms with Crippen molar-refractivity contribution < 1.29 is 9.59 Å². The monoisotopic (exact) mass is 449 g/mol. The van der Waals surface area contributed by atoms with Gasteiger partial charge in [0.15, 0.2) is 0 Å². The van der Waals surface area contributed by atoms with E-state index in [1.54, 1.807) is 11.8 Å². The molecule has 1 aromatic heterocycles. The molecule has 1 aliphatic rings. The van der Waals surface area contributed by atoms with Crippen LogP contribution in [0.5, 0.6) is 0 Å². The predicted octanol–water partition coefficient (Wildman–Crippen LogP) is 4.73. The molecule has 0 radical (unpaired) electrons. The Balaban J connectivity index is 1.37. The number of aromatic nitrogens is 1. The second-order valence-electron chi connectivity index (χ2n) is 8.68. The van der Waals surface area contributed by atoms with Crippen LogP contribution in [-0.2, 0) is 11.3 Å². The van der Waals surface area contributed by atoms with E-state index in [9.17, 15) is 9.59 Å². The van der Waals surface area contributed by atoms with Gasteiger partial charge in [0.1, 0.15) is 0 Å². The third-order valence-corrected chi connectivity index (χ3v) is 7.22. The standard InChI is InChI=1S/C26H31N3O2S/c1-19-7-9-21(10-8-19)26(31)27-13-16-29-17-24(22-5-3-4-6-23(22)29)32-18-25(30)28-14-11-20(2)12-15-28/h3-10,17,20H,11-16,18H2,1-2H3,(H,27,31). The number of aryl methyl sites for hydroxylation is 1. The lowest BCUT2D eigenvalue weighted by atomic mass is 9.99. The van der Waals surface area contributed by atoms with Gasteiger partial charge in [0.25, 0.3) is 5.91 Å². The first kappa shape index (κ1) is 22.5. The summed E-state index contributed by atoms with van der Waals surface area (Å²) in [6.07, 6.45) is 4.31. The molecule has 0 bridgehead atoms. The number of piperidine rings is 1. The first-order valence-corrected chi connectivity index (χ1v) is 12.3. The topological polar surface area (TPSA) is 54.3 Å². The highest BCUT2D eigenvalue weighted by Crippen LogP contribution is 2.30. The number of nitrogens with one attached hydrogen (secondary N) is 1. The average Bonchev–Trinajstić information content (AvgIpc) is 3.16. The number of likely N-dealkylation sites (tertiary alicyclic amines) is 1. The number of amides is 2. The normalized spacial score (nSPS) is 14.6. The molecule has 5 nitrogen and oxygen atoms in total. The predicted molar refractivity (Wildman–Crippen MR) is 131 cm³/mol. The van der Waals surface area contributed by atoms with E-state index in [4.69, 9.17) is 0 Å². The molecule has 2 aromatic carbocycles. The highest BCUT2D eigenvalue weighted by Gasteiger charge is 2.21. The van der Waals surface area contributed by atoms with E-state index < -0.39 is 0 Å². The van der Waals surface area contributed by atoms with Gasteiger partial charge >= 0.3 is 0 Å². The number of hydrogen-bond donors (Lipinski definition) is 1. The molecule has 0 unspecified atom stereocenters. The van der Waals surface area contributed by atoms with Crippen LogP contribution in [0.15, 0.2) is 59.6 Å². The third kappa shape index (κ3) is 5.36. The van der Waals surface area contributed by atoms with Crippen molar-refractivity contribution in [2.45, 2.75) is 38.1 Å². The maximum absolute atomic E-state index is 12.7. The van der Waals surface area contributed by atoms with E-state index in [0.29, 0.717) is 24.4 Å². The minimum absolute atomic E-state index is 0.0579. The number of hydrogen-bond acceptors (Lipinski definition) is 3. The molecular weight excluding hydrogens is 418 g/mol. The van der Waals surface area contributed by atoms with E-state index in [1.807, 2.05) is 48.2 Å². The quantitative estimate of drug-likeness (QED) is 0.531. The number of para-hydroxylation sites is 1. The van der Waals surface area contributed by atoms with Crippen molar-refractivity contribution in [3.8, 4) is 0 Å². The number of thioether (sulfide) groups is 1. The molecule has 2 amide bonds. The van der Waals surface area contributed by atoms with Crippen LogP contribution < -0.4 is 5.32 Å². The fourth-order valence-corrected chi connectivity index (χ4v) is 5.09. The van der Waals surface area contributed by atoms with Gasteiger partial charge in [0.05, 0.1) is 5.75 Å². The van der Waals surface area contributed by atoms with Crippen LogP contribution in [0, 0.1) is 12.8 Å². The summed E-state index contributed by atoms with van der Waals surface area (Å²) >= 11 is 1.61. The fourth-order valence-electron chi connectivity index (χ4n) is 4.10. The van der Waals surface area contributed by atoms with Crippen LogP contribution in [0.1, 0.15) is 35.7 Å². The van der Waals surface area contributed by atoms with Crippen LogP contribution >= 0.6 is 11.8 Å². The highest BCUT2D eigenvalue weighted by atomic mass is 32.2. The summed E-state index contributed by atoms with van der Waals surface area (Å²) in [5.41, 5.74) is 2.94. The summed E-state index contributed by atoms with van der Waals surface area (Å²) < 4.78 is 2.17. The zero-order valence-electron chi connectivity index (χ0n) is 18.8. The molecule has 32 heavy (non-hydrogen) atoms. The van der Waals surface area contributed by atoms with Gasteiger partial charge in [-0.3, -0.25) is 9.59 Å². The Morgan fingerprint density at radius 1 is 1.06 bits per heavy atom. The molecule has 1 aliphatic heterocycles. The Morgan fingerprint density at radius 3 is 2.53 bits per heavy atom. The zero-order chi connectivity index (χ0) is 22.5. The molecule has 3 aromatic rings. The van der Waals surface area contributed by atoms with Crippen molar-refractivity contribution in [1.29, 1.82) is 0 Å². The van der Waals surface area contributed by atoms with Gasteiger partial charge in [0, 0.05) is 53.7 Å². The lowest BCUT2D eigenvalue weighted by Gasteiger charge is -2.30. The molecular formula is C26H31N3O2S. The molecule has 1 N–H and O–H groups in total. The van der Waals surface area contributed by atoms with E-state index in [0.717, 1.165) is 53.2 Å². The summed E-state index contributed by atoms with van der Waals surface area (Å²) in [6.45, 7) is 7.24. The number of carbonyl (C=O) groups is 2. The first-order chi connectivity index (χ1) is 15.5. The van der Waals surface area contributed by atoms with Gasteiger partial charge in [-0.15, -0.1) is 11.8 Å². The summed E-state index contributed by atoms with van der Waals surface area (Å²) in [7, 11) is 0. The van der Waals surface area contributed by atoms with Crippen molar-refractivity contribution >= 4 is 34.5 Å². The van der Waals surface area contributed by atoms with E-state index in [2.05, 4.69) is 35.1 Å². The van der Waals surface area contributed by atoms with Gasteiger partial charge in [-0.2, -0.15) is 0 Å². The molecule has 1 saturated heterocycles. The highest BCUT2D eigenvalue weighted by molar-refractivity contribution is 8.00. The third-order valence-electron chi connectivity index (χ3n) is 6.19. The maximum atomic E-state index is 12.7. The van der Waals surface area contributed by atoms with Crippen molar-refractivity contribution in [2.24, 2.45) is 5.92 Å². The van der Waals surface area contributed by atoms with Crippen molar-refractivity contribution in [2.75, 3.05) is 25.4 Å². The van der Waals surface area contributed by atoms with Crippen LogP contribution in [-0.4, -0.2) is 46.7 Å². The minimum Gasteiger partial charge on any atom is -0.350 e. The molecule has 0 atom stereocenters. The van der Waals surface area contributed by atoms with Crippen LogP contribution in [0.4, 0.5) is 0 Å². The summed E-state index contributed by atoms with van der Waals surface area (Å²) in [5, 5.41) is 4.17. The molecule has 0 spiro atoms. The van der Waals surface area contributed by atoms with E-state index in [1.165, 1.54) is 0 Å². The average molecular weight is 450 g/mol. The Hall–Kier alpha value is -2.73. The Bertz CT molecular complexity index is 1080. The minimum atomic E-state index is -0.0579. The SMILES string of the molecule is Cc1ccc(C(=O)NCCn2cc(SCC(=O)N3CCC(C)CC3)c3ccccc32)cc1. The zero-order valence-corrected chi connectivity index (χ0v) is 19.7. The lowest BCUT2D eigenvalue weighted by Crippen LogP contribution is -2.38. The van der Waals surface area contributed by atoms with Gasteiger partial charge in [-0.05, 0) is 43.9 Å². The number of rotatable bonds is 7. The molecule has 1 fully saturated rings. The Labute approximate surface area is 194 Å². The van der Waals surface area contributed by atoms with Crippen molar-refractivity contribution in [3.05, 3.63) is 65.9 Å². The van der Waals surface area contributed by atoms with Crippen LogP contribution in [0.3, 0.4) is 0 Å². The maximum Gasteiger partial charge on any atom is 0.251 e.